The summed E-state index contributed by atoms with van der Waals surface area (Å²) in [5.74, 6) is 0.269. The van der Waals surface area contributed by atoms with Gasteiger partial charge in [-0.15, -0.1) is 0 Å². The number of rotatable bonds is 3. The Balaban J connectivity index is 2.73. The van der Waals surface area contributed by atoms with Gasteiger partial charge in [0, 0.05) is 32.2 Å². The standard InChI is InChI=1S/C12H23F3N2/c1-9(2)7-17-6-5-16(10(3)4)8-11(17)12(13,14)15/h9-11H,5-8H2,1-4H3. The maximum Gasteiger partial charge on any atom is 0.405 e. The molecule has 0 aromatic rings. The molecule has 1 rings (SSSR count). The average molecular weight is 252 g/mol. The molecule has 1 aliphatic heterocycles. The summed E-state index contributed by atoms with van der Waals surface area (Å²) in [6.45, 7) is 9.70. The highest BCUT2D eigenvalue weighted by molar-refractivity contribution is 4.88. The van der Waals surface area contributed by atoms with E-state index in [1.807, 2.05) is 32.6 Å². The lowest BCUT2D eigenvalue weighted by atomic mass is 10.1. The summed E-state index contributed by atoms with van der Waals surface area (Å²) in [5, 5.41) is 0. The molecule has 2 nitrogen and oxygen atoms in total. The first-order chi connectivity index (χ1) is 7.71. The Kier molecular flexibility index (Phi) is 4.84. The van der Waals surface area contributed by atoms with Crippen molar-refractivity contribution in [2.45, 2.75) is 46.0 Å². The van der Waals surface area contributed by atoms with Crippen LogP contribution in [0.15, 0.2) is 0 Å². The van der Waals surface area contributed by atoms with Crippen LogP contribution in [0.25, 0.3) is 0 Å². The van der Waals surface area contributed by atoms with Crippen LogP contribution in [-0.4, -0.2) is 54.2 Å². The van der Waals surface area contributed by atoms with Gasteiger partial charge >= 0.3 is 6.18 Å². The van der Waals surface area contributed by atoms with E-state index < -0.39 is 12.2 Å². The van der Waals surface area contributed by atoms with Crippen molar-refractivity contribution in [1.29, 1.82) is 0 Å². The van der Waals surface area contributed by atoms with Crippen molar-refractivity contribution in [2.75, 3.05) is 26.2 Å². The minimum absolute atomic E-state index is 0.105. The van der Waals surface area contributed by atoms with E-state index in [-0.39, 0.29) is 18.5 Å². The van der Waals surface area contributed by atoms with Crippen molar-refractivity contribution >= 4 is 0 Å². The van der Waals surface area contributed by atoms with Gasteiger partial charge in [-0.25, -0.2) is 0 Å². The lowest BCUT2D eigenvalue weighted by Crippen LogP contribution is -2.60. The number of hydrogen-bond acceptors (Lipinski definition) is 2. The van der Waals surface area contributed by atoms with Crippen molar-refractivity contribution in [2.24, 2.45) is 5.92 Å². The van der Waals surface area contributed by atoms with Gasteiger partial charge in [0.2, 0.25) is 0 Å². The molecule has 0 N–H and O–H groups in total. The van der Waals surface area contributed by atoms with E-state index in [4.69, 9.17) is 0 Å². The zero-order chi connectivity index (χ0) is 13.2. The van der Waals surface area contributed by atoms with Gasteiger partial charge in [0.25, 0.3) is 0 Å². The zero-order valence-electron chi connectivity index (χ0n) is 11.1. The minimum Gasteiger partial charge on any atom is -0.298 e. The molecular weight excluding hydrogens is 229 g/mol. The number of alkyl halides is 3. The highest BCUT2D eigenvalue weighted by Crippen LogP contribution is 2.29. The van der Waals surface area contributed by atoms with Crippen molar-refractivity contribution in [3.8, 4) is 0 Å². The lowest BCUT2D eigenvalue weighted by Gasteiger charge is -2.44. The molecule has 0 aromatic heterocycles. The summed E-state index contributed by atoms with van der Waals surface area (Å²) in [6.07, 6.45) is -4.12. The molecule has 0 aliphatic carbocycles. The predicted molar refractivity (Wildman–Crippen MR) is 63.0 cm³/mol. The molecule has 0 bridgehead atoms. The van der Waals surface area contributed by atoms with Crippen LogP contribution in [0.1, 0.15) is 27.7 Å². The number of halogens is 3. The highest BCUT2D eigenvalue weighted by atomic mass is 19.4. The van der Waals surface area contributed by atoms with Crippen LogP contribution in [0, 0.1) is 5.92 Å². The fourth-order valence-corrected chi connectivity index (χ4v) is 2.31. The molecule has 0 spiro atoms. The van der Waals surface area contributed by atoms with Gasteiger partial charge in [-0.2, -0.15) is 13.2 Å². The van der Waals surface area contributed by atoms with E-state index in [9.17, 15) is 13.2 Å². The molecule has 0 amide bonds. The Bertz CT molecular complexity index is 238. The smallest absolute Gasteiger partial charge is 0.298 e. The third-order valence-corrected chi connectivity index (χ3v) is 3.23. The van der Waals surface area contributed by atoms with Gasteiger partial charge in [-0.1, -0.05) is 13.8 Å². The summed E-state index contributed by atoms with van der Waals surface area (Å²) in [6, 6.07) is -1.12. The van der Waals surface area contributed by atoms with E-state index in [0.717, 1.165) is 6.54 Å². The fraction of sp³-hybridized carbons (Fsp3) is 1.00. The molecule has 0 radical (unpaired) electrons. The van der Waals surface area contributed by atoms with Gasteiger partial charge in [-0.05, 0) is 19.8 Å². The molecule has 5 heteroatoms. The first-order valence-corrected chi connectivity index (χ1v) is 6.26. The molecule has 1 fully saturated rings. The average Bonchev–Trinajstić information content (AvgIpc) is 2.15. The molecule has 0 saturated carbocycles. The molecule has 102 valence electrons. The molecule has 1 aliphatic rings. The molecule has 17 heavy (non-hydrogen) atoms. The van der Waals surface area contributed by atoms with Crippen molar-refractivity contribution < 1.29 is 13.2 Å². The molecule has 0 aromatic carbocycles. The SMILES string of the molecule is CC(C)CN1CCN(C(C)C)CC1C(F)(F)F. The predicted octanol–water partition coefficient (Wildman–Crippen LogP) is 2.60. The Morgan fingerprint density at radius 1 is 1.12 bits per heavy atom. The zero-order valence-corrected chi connectivity index (χ0v) is 11.1. The summed E-state index contributed by atoms with van der Waals surface area (Å²) >= 11 is 0. The van der Waals surface area contributed by atoms with E-state index in [1.54, 1.807) is 4.90 Å². The third-order valence-electron chi connectivity index (χ3n) is 3.23. The van der Waals surface area contributed by atoms with Crippen LogP contribution in [0.2, 0.25) is 0 Å². The van der Waals surface area contributed by atoms with Crippen molar-refractivity contribution in [3.05, 3.63) is 0 Å². The van der Waals surface area contributed by atoms with Gasteiger partial charge in [0.05, 0.1) is 0 Å². The topological polar surface area (TPSA) is 6.48 Å². The van der Waals surface area contributed by atoms with E-state index >= 15 is 0 Å². The third kappa shape index (κ3) is 4.14. The Morgan fingerprint density at radius 2 is 1.71 bits per heavy atom. The first-order valence-electron chi connectivity index (χ1n) is 6.26. The van der Waals surface area contributed by atoms with E-state index in [2.05, 4.69) is 0 Å². The van der Waals surface area contributed by atoms with Gasteiger partial charge in [-0.3, -0.25) is 9.80 Å². The molecule has 1 saturated heterocycles. The minimum atomic E-state index is -4.12. The first kappa shape index (κ1) is 14.8. The van der Waals surface area contributed by atoms with Gasteiger partial charge < -0.3 is 0 Å². The molecule has 1 atom stereocenters. The quantitative estimate of drug-likeness (QED) is 0.762. The maximum absolute atomic E-state index is 13.0. The second-order valence-electron chi connectivity index (χ2n) is 5.53. The van der Waals surface area contributed by atoms with Crippen molar-refractivity contribution in [3.63, 3.8) is 0 Å². The molecular formula is C12H23F3N2. The summed E-state index contributed by atoms with van der Waals surface area (Å²) in [7, 11) is 0. The molecule has 1 heterocycles. The van der Waals surface area contributed by atoms with Gasteiger partial charge in [0.15, 0.2) is 0 Å². The summed E-state index contributed by atoms with van der Waals surface area (Å²) in [4.78, 5) is 3.50. The van der Waals surface area contributed by atoms with Crippen LogP contribution in [0.5, 0.6) is 0 Å². The number of nitrogens with zero attached hydrogens (tertiary/aromatic N) is 2. The number of piperazine rings is 1. The van der Waals surface area contributed by atoms with Gasteiger partial charge in [0.1, 0.15) is 6.04 Å². The van der Waals surface area contributed by atoms with Crippen LogP contribution < -0.4 is 0 Å². The Labute approximate surface area is 102 Å². The summed E-state index contributed by atoms with van der Waals surface area (Å²) < 4.78 is 39.0. The number of hydrogen-bond donors (Lipinski definition) is 0. The van der Waals surface area contributed by atoms with E-state index in [0.29, 0.717) is 13.1 Å². The van der Waals surface area contributed by atoms with E-state index in [1.165, 1.54) is 0 Å². The normalized spacial score (nSPS) is 24.9. The maximum atomic E-state index is 13.0. The largest absolute Gasteiger partial charge is 0.405 e. The van der Waals surface area contributed by atoms with Crippen LogP contribution in [-0.2, 0) is 0 Å². The Morgan fingerprint density at radius 3 is 2.12 bits per heavy atom. The summed E-state index contributed by atoms with van der Waals surface area (Å²) in [5.41, 5.74) is 0. The second-order valence-corrected chi connectivity index (χ2v) is 5.53. The fourth-order valence-electron chi connectivity index (χ4n) is 2.31. The van der Waals surface area contributed by atoms with Crippen molar-refractivity contribution in [1.82, 2.24) is 9.80 Å². The van der Waals surface area contributed by atoms with Crippen LogP contribution >= 0.6 is 0 Å². The lowest BCUT2D eigenvalue weighted by molar-refractivity contribution is -0.199. The monoisotopic (exact) mass is 252 g/mol. The van der Waals surface area contributed by atoms with Crippen LogP contribution in [0.4, 0.5) is 13.2 Å². The Hall–Kier alpha value is -0.290. The second kappa shape index (κ2) is 5.57. The highest BCUT2D eigenvalue weighted by Gasteiger charge is 2.46. The molecule has 1 unspecified atom stereocenters. The van der Waals surface area contributed by atoms with Crippen LogP contribution in [0.3, 0.4) is 0 Å².